The minimum atomic E-state index is -0.246. The molecule has 90 valence electrons. The van der Waals surface area contributed by atoms with Crippen LogP contribution in [0.1, 0.15) is 13.8 Å². The van der Waals surface area contributed by atoms with Crippen molar-refractivity contribution in [1.29, 1.82) is 0 Å². The Kier molecular flexibility index (Phi) is 2.88. The molecule has 0 spiro atoms. The molecular formula is C13H15NO3. The van der Waals surface area contributed by atoms with Crippen LogP contribution in [0.3, 0.4) is 0 Å². The zero-order valence-corrected chi connectivity index (χ0v) is 10.1. The van der Waals surface area contributed by atoms with Crippen molar-refractivity contribution in [2.45, 2.75) is 13.8 Å². The first kappa shape index (κ1) is 11.6. The van der Waals surface area contributed by atoms with Crippen molar-refractivity contribution < 1.29 is 14.3 Å². The van der Waals surface area contributed by atoms with E-state index >= 15 is 0 Å². The summed E-state index contributed by atoms with van der Waals surface area (Å²) in [6.07, 6.45) is 0. The monoisotopic (exact) mass is 233 g/mol. The van der Waals surface area contributed by atoms with Crippen molar-refractivity contribution in [3.8, 4) is 5.75 Å². The van der Waals surface area contributed by atoms with Crippen LogP contribution in [-0.4, -0.2) is 18.9 Å². The third-order valence-corrected chi connectivity index (χ3v) is 3.30. The molecular weight excluding hydrogens is 218 g/mol. The number of amides is 2. The van der Waals surface area contributed by atoms with Gasteiger partial charge < -0.3 is 4.74 Å². The van der Waals surface area contributed by atoms with Gasteiger partial charge in [-0.05, 0) is 24.3 Å². The van der Waals surface area contributed by atoms with Gasteiger partial charge in [-0.25, -0.2) is 0 Å². The highest BCUT2D eigenvalue weighted by Crippen LogP contribution is 2.31. The van der Waals surface area contributed by atoms with Gasteiger partial charge in [-0.2, -0.15) is 0 Å². The molecule has 1 fully saturated rings. The lowest BCUT2D eigenvalue weighted by Crippen LogP contribution is -2.30. The minimum absolute atomic E-state index is 0.132. The summed E-state index contributed by atoms with van der Waals surface area (Å²) in [5, 5.41) is 0. The Morgan fingerprint density at radius 2 is 1.47 bits per heavy atom. The van der Waals surface area contributed by atoms with Crippen molar-refractivity contribution in [2.75, 3.05) is 12.0 Å². The summed E-state index contributed by atoms with van der Waals surface area (Å²) in [7, 11) is 1.57. The second-order valence-corrected chi connectivity index (χ2v) is 4.29. The number of carbonyl (C=O) groups excluding carboxylic acids is 2. The number of carbonyl (C=O) groups is 2. The predicted molar refractivity (Wildman–Crippen MR) is 63.8 cm³/mol. The SMILES string of the molecule is COc1ccc(N2C(=O)[C@H](C)[C@@H](C)C2=O)cc1. The average Bonchev–Trinajstić information content (AvgIpc) is 2.54. The van der Waals surface area contributed by atoms with E-state index in [1.54, 1.807) is 45.2 Å². The molecule has 1 aliphatic heterocycles. The summed E-state index contributed by atoms with van der Waals surface area (Å²) in [5.41, 5.74) is 0.608. The molecule has 0 unspecified atom stereocenters. The summed E-state index contributed by atoms with van der Waals surface area (Å²) >= 11 is 0. The Morgan fingerprint density at radius 3 is 1.88 bits per heavy atom. The molecule has 1 heterocycles. The van der Waals surface area contributed by atoms with E-state index in [0.717, 1.165) is 0 Å². The first-order valence-corrected chi connectivity index (χ1v) is 5.58. The van der Waals surface area contributed by atoms with Crippen LogP contribution < -0.4 is 9.64 Å². The molecule has 4 nitrogen and oxygen atoms in total. The van der Waals surface area contributed by atoms with E-state index in [1.807, 2.05) is 0 Å². The quantitative estimate of drug-likeness (QED) is 0.732. The second kappa shape index (κ2) is 4.20. The maximum absolute atomic E-state index is 12.0. The molecule has 0 aromatic heterocycles. The van der Waals surface area contributed by atoms with Gasteiger partial charge in [-0.15, -0.1) is 0 Å². The largest absolute Gasteiger partial charge is 0.497 e. The molecule has 0 N–H and O–H groups in total. The molecule has 1 aliphatic rings. The Morgan fingerprint density at radius 1 is 1.00 bits per heavy atom. The van der Waals surface area contributed by atoms with Crippen LogP contribution >= 0.6 is 0 Å². The van der Waals surface area contributed by atoms with E-state index in [-0.39, 0.29) is 23.7 Å². The molecule has 0 bridgehead atoms. The summed E-state index contributed by atoms with van der Waals surface area (Å²) in [5.74, 6) is -0.0523. The van der Waals surface area contributed by atoms with E-state index in [1.165, 1.54) is 4.90 Å². The standard InChI is InChI=1S/C13H15NO3/c1-8-9(2)13(16)14(12(8)15)10-4-6-11(17-3)7-5-10/h4-9H,1-3H3/t8-,9-/m1/s1. The van der Waals surface area contributed by atoms with E-state index in [2.05, 4.69) is 0 Å². The molecule has 2 atom stereocenters. The summed E-state index contributed by atoms with van der Waals surface area (Å²) in [4.78, 5) is 25.2. The number of imide groups is 1. The highest BCUT2D eigenvalue weighted by atomic mass is 16.5. The van der Waals surface area contributed by atoms with Crippen LogP contribution in [0.25, 0.3) is 0 Å². The van der Waals surface area contributed by atoms with Gasteiger partial charge in [-0.3, -0.25) is 14.5 Å². The number of rotatable bonds is 2. The van der Waals surface area contributed by atoms with Crippen molar-refractivity contribution in [1.82, 2.24) is 0 Å². The van der Waals surface area contributed by atoms with Crippen molar-refractivity contribution >= 4 is 17.5 Å². The molecule has 0 aliphatic carbocycles. The first-order valence-electron chi connectivity index (χ1n) is 5.58. The fraction of sp³-hybridized carbons (Fsp3) is 0.385. The van der Waals surface area contributed by atoms with Gasteiger partial charge in [-0.1, -0.05) is 13.8 Å². The van der Waals surface area contributed by atoms with Crippen LogP contribution in [0.15, 0.2) is 24.3 Å². The highest BCUT2D eigenvalue weighted by Gasteiger charge is 2.42. The normalized spacial score (nSPS) is 24.3. The number of anilines is 1. The third kappa shape index (κ3) is 1.79. The zero-order valence-electron chi connectivity index (χ0n) is 10.1. The molecule has 1 aromatic rings. The van der Waals surface area contributed by atoms with Gasteiger partial charge in [0.1, 0.15) is 5.75 Å². The lowest BCUT2D eigenvalue weighted by molar-refractivity contribution is -0.122. The second-order valence-electron chi connectivity index (χ2n) is 4.29. The van der Waals surface area contributed by atoms with E-state index in [0.29, 0.717) is 11.4 Å². The topological polar surface area (TPSA) is 46.6 Å². The third-order valence-electron chi connectivity index (χ3n) is 3.30. The summed E-state index contributed by atoms with van der Waals surface area (Å²) in [6, 6.07) is 6.92. The van der Waals surface area contributed by atoms with Gasteiger partial charge >= 0.3 is 0 Å². The maximum Gasteiger partial charge on any atom is 0.237 e. The molecule has 17 heavy (non-hydrogen) atoms. The molecule has 1 saturated heterocycles. The molecule has 2 amide bonds. The number of benzene rings is 1. The molecule has 0 radical (unpaired) electrons. The van der Waals surface area contributed by atoms with Gasteiger partial charge in [0.25, 0.3) is 0 Å². The molecule has 0 saturated carbocycles. The van der Waals surface area contributed by atoms with Gasteiger partial charge in [0, 0.05) is 11.8 Å². The molecule has 4 heteroatoms. The Labute approximate surface area is 100 Å². The number of hydrogen-bond donors (Lipinski definition) is 0. The van der Waals surface area contributed by atoms with Gasteiger partial charge in [0.2, 0.25) is 11.8 Å². The van der Waals surface area contributed by atoms with E-state index in [4.69, 9.17) is 4.74 Å². The lowest BCUT2D eigenvalue weighted by Gasteiger charge is -2.14. The van der Waals surface area contributed by atoms with Crippen molar-refractivity contribution in [2.24, 2.45) is 11.8 Å². The Balaban J connectivity index is 2.33. The van der Waals surface area contributed by atoms with E-state index in [9.17, 15) is 9.59 Å². The summed E-state index contributed by atoms with van der Waals surface area (Å²) < 4.78 is 5.04. The Hall–Kier alpha value is -1.84. The lowest BCUT2D eigenvalue weighted by atomic mass is 10.00. The number of ether oxygens (including phenoxy) is 1. The van der Waals surface area contributed by atoms with Gasteiger partial charge in [0.05, 0.1) is 12.8 Å². The zero-order chi connectivity index (χ0) is 12.6. The maximum atomic E-state index is 12.0. The first-order chi connectivity index (χ1) is 8.06. The smallest absolute Gasteiger partial charge is 0.237 e. The van der Waals surface area contributed by atoms with Crippen LogP contribution in [0.4, 0.5) is 5.69 Å². The molecule has 1 aromatic carbocycles. The highest BCUT2D eigenvalue weighted by molar-refractivity contribution is 6.21. The van der Waals surface area contributed by atoms with Crippen molar-refractivity contribution in [3.63, 3.8) is 0 Å². The van der Waals surface area contributed by atoms with Crippen LogP contribution in [0.5, 0.6) is 5.75 Å². The average molecular weight is 233 g/mol. The van der Waals surface area contributed by atoms with E-state index < -0.39 is 0 Å². The molecule has 2 rings (SSSR count). The Bertz CT molecular complexity index is 432. The number of nitrogens with zero attached hydrogens (tertiary/aromatic N) is 1. The minimum Gasteiger partial charge on any atom is -0.497 e. The number of methoxy groups -OCH3 is 1. The van der Waals surface area contributed by atoms with Gasteiger partial charge in [0.15, 0.2) is 0 Å². The summed E-state index contributed by atoms with van der Waals surface area (Å²) in [6.45, 7) is 3.57. The fourth-order valence-corrected chi connectivity index (χ4v) is 1.93. The number of hydrogen-bond acceptors (Lipinski definition) is 3. The van der Waals surface area contributed by atoms with Crippen LogP contribution in [-0.2, 0) is 9.59 Å². The fourth-order valence-electron chi connectivity index (χ4n) is 1.93. The van der Waals surface area contributed by atoms with Crippen LogP contribution in [0.2, 0.25) is 0 Å². The predicted octanol–water partition coefficient (Wildman–Crippen LogP) is 1.84. The van der Waals surface area contributed by atoms with Crippen molar-refractivity contribution in [3.05, 3.63) is 24.3 Å². The van der Waals surface area contributed by atoms with Crippen LogP contribution in [0, 0.1) is 11.8 Å².